The Hall–Kier alpha value is -0.580. The van der Waals surface area contributed by atoms with Crippen LogP contribution in [-0.2, 0) is 0 Å². The van der Waals surface area contributed by atoms with E-state index < -0.39 is 0 Å². The lowest BCUT2D eigenvalue weighted by atomic mass is 9.99. The van der Waals surface area contributed by atoms with Crippen LogP contribution in [0, 0.1) is 11.7 Å². The molecule has 0 unspecified atom stereocenters. The first kappa shape index (κ1) is 16.4. The van der Waals surface area contributed by atoms with Crippen molar-refractivity contribution in [3.63, 3.8) is 0 Å². The SMILES string of the molecule is Cl.Cl.Fc1cccnc1OCC1CCNCC1. The van der Waals surface area contributed by atoms with Crippen molar-refractivity contribution < 1.29 is 9.13 Å². The minimum Gasteiger partial charge on any atom is -0.475 e. The molecule has 98 valence electrons. The summed E-state index contributed by atoms with van der Waals surface area (Å²) in [6.45, 7) is 2.62. The number of hydrogen-bond donors (Lipinski definition) is 1. The van der Waals surface area contributed by atoms with Crippen LogP contribution in [0.5, 0.6) is 5.88 Å². The second-order valence-corrected chi connectivity index (χ2v) is 3.79. The summed E-state index contributed by atoms with van der Waals surface area (Å²) in [6.07, 6.45) is 3.73. The van der Waals surface area contributed by atoms with Crippen molar-refractivity contribution in [2.24, 2.45) is 5.92 Å². The molecule has 0 spiro atoms. The van der Waals surface area contributed by atoms with Gasteiger partial charge in [-0.05, 0) is 44.0 Å². The zero-order valence-electron chi connectivity index (χ0n) is 9.39. The van der Waals surface area contributed by atoms with Crippen LogP contribution in [0.3, 0.4) is 0 Å². The number of piperidine rings is 1. The standard InChI is InChI=1S/C11H15FN2O.2ClH/c12-10-2-1-5-14-11(10)15-8-9-3-6-13-7-4-9;;/h1-2,5,9,13H,3-4,6-8H2;2*1H. The number of nitrogens with zero attached hydrogens (tertiary/aromatic N) is 1. The first-order valence-corrected chi connectivity index (χ1v) is 5.30. The molecule has 0 saturated carbocycles. The van der Waals surface area contributed by atoms with Gasteiger partial charge in [-0.25, -0.2) is 9.37 Å². The molecule has 0 bridgehead atoms. The Bertz CT molecular complexity index is 322. The lowest BCUT2D eigenvalue weighted by Gasteiger charge is -2.22. The summed E-state index contributed by atoms with van der Waals surface area (Å²) in [5, 5.41) is 3.28. The van der Waals surface area contributed by atoms with Crippen molar-refractivity contribution in [3.05, 3.63) is 24.1 Å². The molecule has 2 rings (SSSR count). The maximum Gasteiger partial charge on any atom is 0.250 e. The molecule has 2 heterocycles. The summed E-state index contributed by atoms with van der Waals surface area (Å²) >= 11 is 0. The Morgan fingerprint density at radius 2 is 2.06 bits per heavy atom. The van der Waals surface area contributed by atoms with Gasteiger partial charge in [-0.3, -0.25) is 0 Å². The summed E-state index contributed by atoms with van der Waals surface area (Å²) in [7, 11) is 0. The number of pyridine rings is 1. The van der Waals surface area contributed by atoms with Crippen molar-refractivity contribution in [2.75, 3.05) is 19.7 Å². The maximum atomic E-state index is 13.1. The highest BCUT2D eigenvalue weighted by atomic mass is 35.5. The normalized spacial score (nSPS) is 15.6. The van der Waals surface area contributed by atoms with Crippen LogP contribution in [0.4, 0.5) is 4.39 Å². The third-order valence-corrected chi connectivity index (χ3v) is 2.64. The number of rotatable bonds is 3. The third kappa shape index (κ3) is 5.06. The molecule has 17 heavy (non-hydrogen) atoms. The number of ether oxygens (including phenoxy) is 1. The minimum absolute atomic E-state index is 0. The highest BCUT2D eigenvalue weighted by Crippen LogP contribution is 2.16. The fourth-order valence-electron chi connectivity index (χ4n) is 1.72. The molecule has 3 nitrogen and oxygen atoms in total. The topological polar surface area (TPSA) is 34.1 Å². The van der Waals surface area contributed by atoms with Gasteiger partial charge in [-0.2, -0.15) is 0 Å². The molecule has 0 atom stereocenters. The molecule has 1 aliphatic heterocycles. The van der Waals surface area contributed by atoms with Gasteiger partial charge in [-0.15, -0.1) is 24.8 Å². The molecule has 1 aromatic rings. The molecule has 6 heteroatoms. The number of aromatic nitrogens is 1. The maximum absolute atomic E-state index is 13.1. The first-order chi connectivity index (χ1) is 7.36. The van der Waals surface area contributed by atoms with E-state index in [9.17, 15) is 4.39 Å². The zero-order valence-corrected chi connectivity index (χ0v) is 11.0. The number of halogens is 3. The lowest BCUT2D eigenvalue weighted by Crippen LogP contribution is -2.30. The van der Waals surface area contributed by atoms with Crippen LogP contribution >= 0.6 is 24.8 Å². The van der Waals surface area contributed by atoms with E-state index in [2.05, 4.69) is 10.3 Å². The van der Waals surface area contributed by atoms with Gasteiger partial charge in [0.25, 0.3) is 0 Å². The van der Waals surface area contributed by atoms with Crippen LogP contribution in [0.25, 0.3) is 0 Å². The number of hydrogen-bond acceptors (Lipinski definition) is 3. The van der Waals surface area contributed by atoms with Crippen molar-refractivity contribution >= 4 is 24.8 Å². The van der Waals surface area contributed by atoms with E-state index in [0.717, 1.165) is 25.9 Å². The monoisotopic (exact) mass is 282 g/mol. The molecule has 0 amide bonds. The molecule has 1 saturated heterocycles. The molecule has 1 fully saturated rings. The largest absolute Gasteiger partial charge is 0.475 e. The molecule has 1 N–H and O–H groups in total. The summed E-state index contributed by atoms with van der Waals surface area (Å²) in [6, 6.07) is 2.93. The highest BCUT2D eigenvalue weighted by molar-refractivity contribution is 5.85. The van der Waals surface area contributed by atoms with Gasteiger partial charge >= 0.3 is 0 Å². The fourth-order valence-corrected chi connectivity index (χ4v) is 1.72. The van der Waals surface area contributed by atoms with E-state index in [-0.39, 0.29) is 36.5 Å². The van der Waals surface area contributed by atoms with E-state index >= 15 is 0 Å². The molecule has 1 aromatic heterocycles. The molecule has 0 aromatic carbocycles. The average Bonchev–Trinajstić information content (AvgIpc) is 2.29. The first-order valence-electron chi connectivity index (χ1n) is 5.30. The van der Waals surface area contributed by atoms with Gasteiger partial charge in [0, 0.05) is 6.20 Å². The van der Waals surface area contributed by atoms with E-state index in [1.807, 2.05) is 0 Å². The molecule has 0 aliphatic carbocycles. The smallest absolute Gasteiger partial charge is 0.250 e. The van der Waals surface area contributed by atoms with Gasteiger partial charge in [0.15, 0.2) is 5.82 Å². The molecule has 0 radical (unpaired) electrons. The van der Waals surface area contributed by atoms with Crippen molar-refractivity contribution in [1.82, 2.24) is 10.3 Å². The summed E-state index contributed by atoms with van der Waals surface area (Å²) < 4.78 is 18.5. The van der Waals surface area contributed by atoms with Crippen molar-refractivity contribution in [1.29, 1.82) is 0 Å². The predicted octanol–water partition coefficient (Wildman–Crippen LogP) is 2.44. The van der Waals surface area contributed by atoms with Gasteiger partial charge < -0.3 is 10.1 Å². The van der Waals surface area contributed by atoms with Gasteiger partial charge in [0.2, 0.25) is 5.88 Å². The van der Waals surface area contributed by atoms with Crippen LogP contribution < -0.4 is 10.1 Å². The van der Waals surface area contributed by atoms with E-state index in [0.29, 0.717) is 12.5 Å². The lowest BCUT2D eigenvalue weighted by molar-refractivity contribution is 0.201. The Morgan fingerprint density at radius 1 is 1.35 bits per heavy atom. The third-order valence-electron chi connectivity index (χ3n) is 2.64. The van der Waals surface area contributed by atoms with Crippen LogP contribution in [0.2, 0.25) is 0 Å². The fraction of sp³-hybridized carbons (Fsp3) is 0.545. The Morgan fingerprint density at radius 3 is 2.71 bits per heavy atom. The Labute approximate surface area is 113 Å². The summed E-state index contributed by atoms with van der Waals surface area (Å²) in [5.41, 5.74) is 0. The van der Waals surface area contributed by atoms with Crippen molar-refractivity contribution in [2.45, 2.75) is 12.8 Å². The molecular formula is C11H17Cl2FN2O. The predicted molar refractivity (Wildman–Crippen MR) is 69.8 cm³/mol. The average molecular weight is 283 g/mol. The van der Waals surface area contributed by atoms with E-state index in [4.69, 9.17) is 4.74 Å². The Kier molecular flexibility index (Phi) is 8.21. The van der Waals surface area contributed by atoms with E-state index in [1.165, 1.54) is 6.07 Å². The second-order valence-electron chi connectivity index (χ2n) is 3.79. The minimum atomic E-state index is -0.383. The second kappa shape index (κ2) is 8.50. The van der Waals surface area contributed by atoms with Gasteiger partial charge in [0.05, 0.1) is 6.61 Å². The van der Waals surface area contributed by atoms with Crippen LogP contribution in [-0.4, -0.2) is 24.7 Å². The summed E-state index contributed by atoms with van der Waals surface area (Å²) in [4.78, 5) is 3.85. The molecular weight excluding hydrogens is 266 g/mol. The number of nitrogens with one attached hydrogen (secondary N) is 1. The van der Waals surface area contributed by atoms with Gasteiger partial charge in [0.1, 0.15) is 0 Å². The molecule has 1 aliphatic rings. The highest BCUT2D eigenvalue weighted by Gasteiger charge is 2.14. The summed E-state index contributed by atoms with van der Waals surface area (Å²) in [5.74, 6) is 0.259. The zero-order chi connectivity index (χ0) is 10.5. The van der Waals surface area contributed by atoms with Gasteiger partial charge in [-0.1, -0.05) is 0 Å². The van der Waals surface area contributed by atoms with Crippen LogP contribution in [0.1, 0.15) is 12.8 Å². The Balaban J connectivity index is 0.00000128. The quantitative estimate of drug-likeness (QED) is 0.925. The van der Waals surface area contributed by atoms with Crippen LogP contribution in [0.15, 0.2) is 18.3 Å². The van der Waals surface area contributed by atoms with E-state index in [1.54, 1.807) is 12.3 Å². The van der Waals surface area contributed by atoms with Crippen molar-refractivity contribution in [3.8, 4) is 5.88 Å².